The van der Waals surface area contributed by atoms with Crippen LogP contribution in [-0.2, 0) is 4.79 Å². The molecule has 0 spiro atoms. The molecule has 3 atom stereocenters. The quantitative estimate of drug-likeness (QED) is 0.295. The zero-order valence-corrected chi connectivity index (χ0v) is 24.8. The number of amides is 3. The summed E-state index contributed by atoms with van der Waals surface area (Å²) in [6, 6.07) is 18.3. The third-order valence-electron chi connectivity index (χ3n) is 9.32. The van der Waals surface area contributed by atoms with Gasteiger partial charge in [-0.2, -0.15) is 9.97 Å². The number of carbonyl (C=O) groups is 2. The van der Waals surface area contributed by atoms with Crippen molar-refractivity contribution < 1.29 is 19.4 Å². The van der Waals surface area contributed by atoms with Crippen LogP contribution >= 0.6 is 0 Å². The number of fused-ring (bicyclic) bond motifs is 4. The Labute approximate surface area is 255 Å². The number of piperazine rings is 1. The van der Waals surface area contributed by atoms with E-state index in [9.17, 15) is 14.7 Å². The third kappa shape index (κ3) is 5.32. The van der Waals surface area contributed by atoms with Crippen molar-refractivity contribution in [3.63, 3.8) is 0 Å². The van der Waals surface area contributed by atoms with Gasteiger partial charge in [-0.1, -0.05) is 30.3 Å². The number of urea groups is 1. The minimum atomic E-state index is -0.568. The predicted molar refractivity (Wildman–Crippen MR) is 169 cm³/mol. The van der Waals surface area contributed by atoms with Gasteiger partial charge in [-0.25, -0.2) is 4.79 Å². The lowest BCUT2D eigenvalue weighted by molar-refractivity contribution is -0.117. The average molecular weight is 596 g/mol. The second kappa shape index (κ2) is 11.5. The van der Waals surface area contributed by atoms with E-state index in [-0.39, 0.29) is 30.4 Å². The molecule has 0 radical (unpaired) electrons. The number of nitrogens with one attached hydrogen (secondary N) is 1. The first-order valence-electron chi connectivity index (χ1n) is 15.3. The number of likely N-dealkylation sites (N-methyl/N-ethyl adjacent to an activating group) is 1. The molecule has 3 fully saturated rings. The zero-order chi connectivity index (χ0) is 30.4. The minimum absolute atomic E-state index is 0.0645. The Morgan fingerprint density at radius 2 is 1.82 bits per heavy atom. The molecule has 11 heteroatoms. The summed E-state index contributed by atoms with van der Waals surface area (Å²) >= 11 is 0. The van der Waals surface area contributed by atoms with Crippen molar-refractivity contribution in [2.45, 2.75) is 43.8 Å². The molecular formula is C33H37N7O4. The number of carbonyl (C=O) groups excluding carboxylic acids is 2. The standard InChI is InChI=1S/C33H37N7O4/c1-38-12-4-6-24(38)19-44-32-36-29-14-21(28-15-25(41)13-20-5-2-3-7-26(20)28)8-11-27(29)31(37-32)40-22-9-10-23(40)18-39(17-22)33(43)35-16-30(34)42/h2-3,5,7-8,11,13-15,22-24,41H,4,6,9-10,12,16-19H2,1H3,(H2,34,42)(H,35,43)/t22?,23?,24-/m0/s1. The number of aromatic nitrogens is 2. The molecule has 11 nitrogen and oxygen atoms in total. The van der Waals surface area contributed by atoms with Gasteiger partial charge in [-0.05, 0) is 85.4 Å². The topological polar surface area (TPSA) is 137 Å². The summed E-state index contributed by atoms with van der Waals surface area (Å²) < 4.78 is 6.29. The SMILES string of the molecule is CN1CCC[C@H]1COc1nc(N2C3CCC2CN(C(=O)NCC(N)=O)C3)c2ccc(-c3cc(O)cc4ccccc34)cc2n1. The molecule has 3 aromatic carbocycles. The van der Waals surface area contributed by atoms with Crippen molar-refractivity contribution in [2.75, 3.05) is 44.7 Å². The highest BCUT2D eigenvalue weighted by Gasteiger charge is 2.43. The van der Waals surface area contributed by atoms with Crippen LogP contribution in [0.15, 0.2) is 54.6 Å². The molecule has 1 aromatic heterocycles. The predicted octanol–water partition coefficient (Wildman–Crippen LogP) is 3.48. The van der Waals surface area contributed by atoms with Crippen LogP contribution in [0.25, 0.3) is 32.8 Å². The van der Waals surface area contributed by atoms with Crippen molar-refractivity contribution in [1.29, 1.82) is 0 Å². The summed E-state index contributed by atoms with van der Waals surface area (Å²) in [7, 11) is 2.12. The van der Waals surface area contributed by atoms with E-state index in [0.717, 1.165) is 70.8 Å². The number of nitrogens with two attached hydrogens (primary N) is 1. The molecule has 0 saturated carbocycles. The van der Waals surface area contributed by atoms with E-state index in [1.54, 1.807) is 17.0 Å². The maximum Gasteiger partial charge on any atom is 0.319 e. The van der Waals surface area contributed by atoms with Gasteiger partial charge in [-0.15, -0.1) is 0 Å². The first-order chi connectivity index (χ1) is 21.3. The number of nitrogens with zero attached hydrogens (tertiary/aromatic N) is 5. The minimum Gasteiger partial charge on any atom is -0.508 e. The van der Waals surface area contributed by atoms with Gasteiger partial charge in [0, 0.05) is 36.6 Å². The number of benzene rings is 3. The smallest absolute Gasteiger partial charge is 0.319 e. The van der Waals surface area contributed by atoms with E-state index in [4.69, 9.17) is 20.4 Å². The molecule has 4 aromatic rings. The van der Waals surface area contributed by atoms with Gasteiger partial charge in [0.05, 0.1) is 12.1 Å². The summed E-state index contributed by atoms with van der Waals surface area (Å²) in [5, 5.41) is 16.1. The number of rotatable bonds is 7. The van der Waals surface area contributed by atoms with Gasteiger partial charge in [-0.3, -0.25) is 4.79 Å². The second-order valence-electron chi connectivity index (χ2n) is 12.2. The summed E-state index contributed by atoms with van der Waals surface area (Å²) in [4.78, 5) is 40.3. The molecule has 3 aliphatic rings. The number of hydrogen-bond acceptors (Lipinski definition) is 8. The number of phenolic OH excluding ortho intramolecular Hbond substituents is 1. The number of aromatic hydroxyl groups is 1. The first-order valence-corrected chi connectivity index (χ1v) is 15.3. The monoisotopic (exact) mass is 595 g/mol. The number of ether oxygens (including phenoxy) is 1. The van der Waals surface area contributed by atoms with E-state index in [1.165, 1.54) is 0 Å². The van der Waals surface area contributed by atoms with E-state index in [1.807, 2.05) is 24.3 Å². The molecule has 4 heterocycles. The Morgan fingerprint density at radius 3 is 2.57 bits per heavy atom. The number of likely N-dealkylation sites (tertiary alicyclic amines) is 2. The summed E-state index contributed by atoms with van der Waals surface area (Å²) in [5.74, 6) is 0.449. The van der Waals surface area contributed by atoms with Crippen LogP contribution in [0.4, 0.5) is 10.6 Å². The molecule has 2 unspecified atom stereocenters. The Balaban J connectivity index is 1.26. The molecule has 0 aliphatic carbocycles. The van der Waals surface area contributed by atoms with Crippen LogP contribution in [0.2, 0.25) is 0 Å². The Kier molecular flexibility index (Phi) is 7.33. The number of phenols is 1. The van der Waals surface area contributed by atoms with Gasteiger partial charge in [0.15, 0.2) is 0 Å². The molecule has 2 bridgehead atoms. The largest absolute Gasteiger partial charge is 0.508 e. The fourth-order valence-electron chi connectivity index (χ4n) is 7.10. The highest BCUT2D eigenvalue weighted by atomic mass is 16.5. The lowest BCUT2D eigenvalue weighted by atomic mass is 9.97. The molecule has 44 heavy (non-hydrogen) atoms. The molecule has 3 saturated heterocycles. The Hall–Kier alpha value is -4.64. The van der Waals surface area contributed by atoms with Crippen molar-refractivity contribution in [1.82, 2.24) is 25.1 Å². The second-order valence-corrected chi connectivity index (χ2v) is 12.2. The van der Waals surface area contributed by atoms with Crippen LogP contribution in [0, 0.1) is 0 Å². The number of primary amides is 1. The van der Waals surface area contributed by atoms with Crippen molar-refractivity contribution in [2.24, 2.45) is 5.73 Å². The summed E-state index contributed by atoms with van der Waals surface area (Å²) in [6.07, 6.45) is 4.07. The fourth-order valence-corrected chi connectivity index (χ4v) is 7.10. The summed E-state index contributed by atoms with van der Waals surface area (Å²) in [5.41, 5.74) is 7.86. The average Bonchev–Trinajstić information content (AvgIpc) is 3.55. The normalized spacial score (nSPS) is 21.7. The van der Waals surface area contributed by atoms with E-state index in [2.05, 4.69) is 40.4 Å². The maximum atomic E-state index is 12.8. The van der Waals surface area contributed by atoms with E-state index < -0.39 is 5.91 Å². The van der Waals surface area contributed by atoms with Crippen LogP contribution in [0.3, 0.4) is 0 Å². The summed E-state index contributed by atoms with van der Waals surface area (Å²) in [6.45, 7) is 2.42. The van der Waals surface area contributed by atoms with Crippen molar-refractivity contribution >= 4 is 39.4 Å². The lowest BCUT2D eigenvalue weighted by Crippen LogP contribution is -2.58. The van der Waals surface area contributed by atoms with Gasteiger partial charge in [0.2, 0.25) is 5.91 Å². The van der Waals surface area contributed by atoms with Gasteiger partial charge < -0.3 is 35.6 Å². The highest BCUT2D eigenvalue weighted by Crippen LogP contribution is 2.40. The van der Waals surface area contributed by atoms with Crippen molar-refractivity contribution in [3.05, 3.63) is 54.6 Å². The van der Waals surface area contributed by atoms with Crippen LogP contribution in [0.5, 0.6) is 11.8 Å². The molecular weight excluding hydrogens is 558 g/mol. The van der Waals surface area contributed by atoms with Gasteiger partial charge in [0.25, 0.3) is 0 Å². The third-order valence-corrected chi connectivity index (χ3v) is 9.32. The number of hydrogen-bond donors (Lipinski definition) is 3. The first kappa shape index (κ1) is 28.1. The maximum absolute atomic E-state index is 12.8. The van der Waals surface area contributed by atoms with Crippen LogP contribution in [-0.4, -0.2) is 94.8 Å². The molecule has 3 amide bonds. The molecule has 4 N–H and O–H groups in total. The zero-order valence-electron chi connectivity index (χ0n) is 24.8. The Bertz CT molecular complexity index is 1730. The van der Waals surface area contributed by atoms with Crippen molar-refractivity contribution in [3.8, 4) is 22.9 Å². The van der Waals surface area contributed by atoms with Crippen LogP contribution in [0.1, 0.15) is 25.7 Å². The fraction of sp³-hybridized carbons (Fsp3) is 0.394. The number of anilines is 1. The van der Waals surface area contributed by atoms with E-state index in [0.29, 0.717) is 31.7 Å². The molecule has 3 aliphatic heterocycles. The Morgan fingerprint density at radius 1 is 1.02 bits per heavy atom. The highest BCUT2D eigenvalue weighted by molar-refractivity contribution is 6.01. The molecule has 7 rings (SSSR count). The van der Waals surface area contributed by atoms with Crippen LogP contribution < -0.4 is 20.7 Å². The lowest BCUT2D eigenvalue weighted by Gasteiger charge is -2.42. The van der Waals surface area contributed by atoms with E-state index >= 15 is 0 Å². The van der Waals surface area contributed by atoms with Gasteiger partial charge >= 0.3 is 12.0 Å². The molecule has 228 valence electrons. The van der Waals surface area contributed by atoms with Gasteiger partial charge in [0.1, 0.15) is 18.2 Å².